The van der Waals surface area contributed by atoms with Crippen LogP contribution in [0.15, 0.2) is 24.3 Å². The molecule has 112 valence electrons. The molecule has 0 spiro atoms. The molecule has 1 fully saturated rings. The van der Waals surface area contributed by atoms with Crippen LogP contribution in [0.1, 0.15) is 43.5 Å². The van der Waals surface area contributed by atoms with E-state index in [1.54, 1.807) is 5.56 Å². The minimum atomic E-state index is 0.244. The molecule has 3 heteroatoms. The third-order valence-electron chi connectivity index (χ3n) is 5.94. The average molecular weight is 283 g/mol. The Kier molecular flexibility index (Phi) is 3.09. The number of nitrogens with zero attached hydrogens (tertiary/aromatic N) is 1. The maximum atomic E-state index is 6.27. The molecule has 3 nitrogen and oxygen atoms in total. The van der Waals surface area contributed by atoms with Crippen molar-refractivity contribution in [3.8, 4) is 0 Å². The number of H-pyrrole nitrogens is 1. The van der Waals surface area contributed by atoms with Gasteiger partial charge in [0, 0.05) is 28.6 Å². The van der Waals surface area contributed by atoms with Gasteiger partial charge in [0.15, 0.2) is 0 Å². The zero-order valence-corrected chi connectivity index (χ0v) is 12.9. The molecule has 2 aliphatic heterocycles. The number of aromatic nitrogens is 1. The molecular formula is C18H25N3. The van der Waals surface area contributed by atoms with Crippen LogP contribution in [0, 0.1) is 5.41 Å². The van der Waals surface area contributed by atoms with Gasteiger partial charge in [-0.05, 0) is 50.4 Å². The van der Waals surface area contributed by atoms with Crippen molar-refractivity contribution in [3.63, 3.8) is 0 Å². The van der Waals surface area contributed by atoms with Crippen molar-refractivity contribution in [2.45, 2.75) is 38.6 Å². The lowest BCUT2D eigenvalue weighted by Gasteiger charge is -2.51. The number of rotatable bonds is 2. The Labute approximate surface area is 126 Å². The third-order valence-corrected chi connectivity index (χ3v) is 5.94. The topological polar surface area (TPSA) is 45.0 Å². The molecule has 4 rings (SSSR count). The molecule has 0 aliphatic carbocycles. The summed E-state index contributed by atoms with van der Waals surface area (Å²) in [4.78, 5) is 6.42. The second-order valence-corrected chi connectivity index (χ2v) is 6.77. The van der Waals surface area contributed by atoms with Gasteiger partial charge in [0.1, 0.15) is 0 Å². The Morgan fingerprint density at radius 1 is 1.33 bits per heavy atom. The Morgan fingerprint density at radius 2 is 2.19 bits per heavy atom. The van der Waals surface area contributed by atoms with Gasteiger partial charge in [0.25, 0.3) is 0 Å². The summed E-state index contributed by atoms with van der Waals surface area (Å²) < 4.78 is 0. The molecular weight excluding hydrogens is 258 g/mol. The highest BCUT2D eigenvalue weighted by molar-refractivity contribution is 5.85. The first kappa shape index (κ1) is 13.4. The van der Waals surface area contributed by atoms with Gasteiger partial charge in [-0.1, -0.05) is 25.1 Å². The van der Waals surface area contributed by atoms with Crippen molar-refractivity contribution < 1.29 is 0 Å². The molecule has 2 atom stereocenters. The van der Waals surface area contributed by atoms with E-state index in [2.05, 4.69) is 41.1 Å². The van der Waals surface area contributed by atoms with Crippen molar-refractivity contribution >= 4 is 10.9 Å². The number of piperidine rings is 1. The first-order valence-electron chi connectivity index (χ1n) is 8.32. The number of para-hydroxylation sites is 1. The first-order chi connectivity index (χ1) is 10.3. The molecule has 0 amide bonds. The largest absolute Gasteiger partial charge is 0.357 e. The van der Waals surface area contributed by atoms with Crippen molar-refractivity contribution in [3.05, 3.63) is 35.5 Å². The summed E-state index contributed by atoms with van der Waals surface area (Å²) in [6.45, 7) is 5.51. The van der Waals surface area contributed by atoms with Gasteiger partial charge in [-0.15, -0.1) is 0 Å². The Hall–Kier alpha value is -1.32. The van der Waals surface area contributed by atoms with Crippen molar-refractivity contribution in [1.82, 2.24) is 9.88 Å². The molecule has 3 heterocycles. The smallest absolute Gasteiger partial charge is 0.0570 e. The van der Waals surface area contributed by atoms with Crippen molar-refractivity contribution in [2.24, 2.45) is 11.1 Å². The van der Waals surface area contributed by atoms with Crippen molar-refractivity contribution in [1.29, 1.82) is 0 Å². The monoisotopic (exact) mass is 283 g/mol. The minimum Gasteiger partial charge on any atom is -0.357 e. The van der Waals surface area contributed by atoms with Crippen LogP contribution in [0.2, 0.25) is 0 Å². The fraction of sp³-hybridized carbons (Fsp3) is 0.556. The average Bonchev–Trinajstić information content (AvgIpc) is 2.92. The van der Waals surface area contributed by atoms with Crippen LogP contribution in [-0.4, -0.2) is 29.5 Å². The van der Waals surface area contributed by atoms with Gasteiger partial charge in [-0.25, -0.2) is 0 Å². The summed E-state index contributed by atoms with van der Waals surface area (Å²) in [5, 5.41) is 1.42. The third kappa shape index (κ3) is 1.80. The van der Waals surface area contributed by atoms with Crippen LogP contribution in [0.5, 0.6) is 0 Å². The maximum Gasteiger partial charge on any atom is 0.0570 e. The second kappa shape index (κ2) is 4.85. The van der Waals surface area contributed by atoms with Crippen molar-refractivity contribution in [2.75, 3.05) is 19.6 Å². The molecule has 2 aliphatic rings. The highest BCUT2D eigenvalue weighted by Crippen LogP contribution is 2.50. The van der Waals surface area contributed by atoms with Crippen LogP contribution in [0.25, 0.3) is 10.9 Å². The number of hydrogen-bond donors (Lipinski definition) is 2. The minimum absolute atomic E-state index is 0.244. The molecule has 3 N–H and O–H groups in total. The van der Waals surface area contributed by atoms with E-state index in [0.29, 0.717) is 6.04 Å². The van der Waals surface area contributed by atoms with E-state index >= 15 is 0 Å². The fourth-order valence-electron chi connectivity index (χ4n) is 4.72. The molecule has 2 unspecified atom stereocenters. The Balaban J connectivity index is 1.91. The standard InChI is InChI=1S/C18H25N3/c1-2-18(12-19)9-5-10-21-11-8-14-13-6-3-4-7-15(13)20-16(14)17(18)21/h3-4,6-7,17,20H,2,5,8-12,19H2,1H3. The van der Waals surface area contributed by atoms with Gasteiger partial charge in [-0.3, -0.25) is 4.90 Å². The van der Waals surface area contributed by atoms with Gasteiger partial charge in [0.2, 0.25) is 0 Å². The lowest BCUT2D eigenvalue weighted by molar-refractivity contribution is 0.00488. The summed E-state index contributed by atoms with van der Waals surface area (Å²) >= 11 is 0. The van der Waals surface area contributed by atoms with Gasteiger partial charge in [-0.2, -0.15) is 0 Å². The van der Waals surface area contributed by atoms with Crippen LogP contribution < -0.4 is 5.73 Å². The number of hydrogen-bond acceptors (Lipinski definition) is 2. The first-order valence-corrected chi connectivity index (χ1v) is 8.32. The van der Waals surface area contributed by atoms with E-state index in [0.717, 1.165) is 6.54 Å². The van der Waals surface area contributed by atoms with Crippen LogP contribution in [0.3, 0.4) is 0 Å². The second-order valence-electron chi connectivity index (χ2n) is 6.77. The van der Waals surface area contributed by atoms with Gasteiger partial charge in [0.05, 0.1) is 6.04 Å². The van der Waals surface area contributed by atoms with E-state index in [4.69, 9.17) is 5.73 Å². The molecule has 2 aromatic rings. The summed E-state index contributed by atoms with van der Waals surface area (Å²) in [5.74, 6) is 0. The summed E-state index contributed by atoms with van der Waals surface area (Å²) in [6.07, 6.45) is 4.88. The van der Waals surface area contributed by atoms with E-state index in [1.807, 2.05) is 0 Å². The van der Waals surface area contributed by atoms with Crippen LogP contribution >= 0.6 is 0 Å². The fourth-order valence-corrected chi connectivity index (χ4v) is 4.72. The molecule has 1 saturated heterocycles. The summed E-state index contributed by atoms with van der Waals surface area (Å²) in [6, 6.07) is 9.23. The lowest BCUT2D eigenvalue weighted by Crippen LogP contribution is -2.52. The number of nitrogens with two attached hydrogens (primary N) is 1. The summed E-state index contributed by atoms with van der Waals surface area (Å²) in [7, 11) is 0. The normalized spacial score (nSPS) is 29.3. The predicted molar refractivity (Wildman–Crippen MR) is 87.3 cm³/mol. The lowest BCUT2D eigenvalue weighted by atomic mass is 9.68. The Morgan fingerprint density at radius 3 is 3.00 bits per heavy atom. The van der Waals surface area contributed by atoms with Gasteiger partial charge < -0.3 is 10.7 Å². The van der Waals surface area contributed by atoms with Gasteiger partial charge >= 0.3 is 0 Å². The van der Waals surface area contributed by atoms with E-state index < -0.39 is 0 Å². The molecule has 1 aromatic carbocycles. The molecule has 21 heavy (non-hydrogen) atoms. The zero-order valence-electron chi connectivity index (χ0n) is 12.9. The highest BCUT2D eigenvalue weighted by atomic mass is 15.2. The van der Waals surface area contributed by atoms with E-state index in [-0.39, 0.29) is 5.41 Å². The van der Waals surface area contributed by atoms with E-state index in [9.17, 15) is 0 Å². The predicted octanol–water partition coefficient (Wildman–Crippen LogP) is 3.22. The molecule has 0 radical (unpaired) electrons. The SMILES string of the molecule is CCC1(CN)CCCN2CCc3c([nH]c4ccccc34)C21. The number of fused-ring (bicyclic) bond motifs is 5. The maximum absolute atomic E-state index is 6.27. The van der Waals surface area contributed by atoms with E-state index in [1.165, 1.54) is 55.4 Å². The molecule has 0 bridgehead atoms. The number of aromatic amines is 1. The number of nitrogens with one attached hydrogen (secondary N) is 1. The highest BCUT2D eigenvalue weighted by Gasteiger charge is 2.46. The zero-order chi connectivity index (χ0) is 14.4. The van der Waals surface area contributed by atoms with Crippen LogP contribution in [-0.2, 0) is 6.42 Å². The molecule has 1 aromatic heterocycles. The summed E-state index contributed by atoms with van der Waals surface area (Å²) in [5.41, 5.74) is 10.8. The molecule has 0 saturated carbocycles. The number of benzene rings is 1. The van der Waals surface area contributed by atoms with Crippen LogP contribution in [0.4, 0.5) is 0 Å². The Bertz CT molecular complexity index is 654. The quantitative estimate of drug-likeness (QED) is 0.889.